The number of nitrogens with zero attached hydrogens (tertiary/aromatic N) is 3. The van der Waals surface area contributed by atoms with Crippen molar-refractivity contribution in [3.63, 3.8) is 0 Å². The summed E-state index contributed by atoms with van der Waals surface area (Å²) in [6.07, 6.45) is 4.11. The molecule has 0 unspecified atom stereocenters. The van der Waals surface area contributed by atoms with Gasteiger partial charge in [0.05, 0.1) is 13.1 Å². The van der Waals surface area contributed by atoms with Gasteiger partial charge in [0.15, 0.2) is 5.96 Å². The van der Waals surface area contributed by atoms with Crippen LogP contribution in [0.25, 0.3) is 0 Å². The topological polar surface area (TPSA) is 73.7 Å². The van der Waals surface area contributed by atoms with Crippen LogP contribution >= 0.6 is 0 Å². The molecule has 1 amide bonds. The molecule has 1 aliphatic heterocycles. The zero-order valence-corrected chi connectivity index (χ0v) is 15.8. The van der Waals surface area contributed by atoms with Gasteiger partial charge in [-0.2, -0.15) is 0 Å². The Morgan fingerprint density at radius 1 is 1.19 bits per heavy atom. The molecule has 0 saturated carbocycles. The van der Waals surface area contributed by atoms with Gasteiger partial charge in [0.25, 0.3) is 0 Å². The summed E-state index contributed by atoms with van der Waals surface area (Å²) in [5, 5.41) is 9.49. The average molecular weight is 368 g/mol. The van der Waals surface area contributed by atoms with E-state index in [1.165, 1.54) is 0 Å². The van der Waals surface area contributed by atoms with Crippen LogP contribution in [0.5, 0.6) is 0 Å². The largest absolute Gasteiger partial charge is 0.360 e. The van der Waals surface area contributed by atoms with E-state index >= 15 is 0 Å². The lowest BCUT2D eigenvalue weighted by Gasteiger charge is -2.28. The monoisotopic (exact) mass is 368 g/mol. The van der Waals surface area contributed by atoms with Crippen molar-refractivity contribution in [3.8, 4) is 0 Å². The highest BCUT2D eigenvalue weighted by molar-refractivity contribution is 5.82. The summed E-state index contributed by atoms with van der Waals surface area (Å²) in [5.41, 5.74) is 2.22. The number of nitrogens with one attached hydrogen (secondary N) is 3. The Labute approximate surface area is 160 Å². The van der Waals surface area contributed by atoms with Crippen molar-refractivity contribution >= 4 is 17.6 Å². The Morgan fingerprint density at radius 3 is 2.67 bits per heavy atom. The fourth-order valence-corrected chi connectivity index (χ4v) is 3.01. The molecule has 2 aromatic rings. The number of carbonyl (C=O) groups excluding carboxylic acids is 1. The minimum absolute atomic E-state index is 0.0798. The second-order valence-electron chi connectivity index (χ2n) is 6.48. The minimum atomic E-state index is 0.0798. The van der Waals surface area contributed by atoms with Gasteiger partial charge in [0, 0.05) is 50.8 Å². The van der Waals surface area contributed by atoms with Crippen LogP contribution in [0, 0.1) is 0 Å². The standard InChI is InChI=1S/C20H28N6O/c1-2-21-20(23-9-13-25-11-3-4-12-25)24-15-17-5-7-18(8-6-17)26-14-10-22-19(27)16-26/h3-8,11-12H,2,9-10,13-16H2,1H3,(H,22,27)(H2,21,23,24). The molecule has 2 heterocycles. The van der Waals surface area contributed by atoms with E-state index in [1.54, 1.807) is 0 Å². The summed E-state index contributed by atoms with van der Waals surface area (Å²) >= 11 is 0. The van der Waals surface area contributed by atoms with E-state index in [0.717, 1.165) is 43.4 Å². The number of anilines is 1. The van der Waals surface area contributed by atoms with Crippen LogP contribution < -0.4 is 20.9 Å². The summed E-state index contributed by atoms with van der Waals surface area (Å²) in [5.74, 6) is 0.901. The maximum Gasteiger partial charge on any atom is 0.239 e. The molecule has 7 heteroatoms. The summed E-state index contributed by atoms with van der Waals surface area (Å²) in [7, 11) is 0. The number of hydrogen-bond acceptors (Lipinski definition) is 3. The smallest absolute Gasteiger partial charge is 0.239 e. The van der Waals surface area contributed by atoms with E-state index in [2.05, 4.69) is 74.0 Å². The third-order valence-corrected chi connectivity index (χ3v) is 4.43. The molecule has 1 fully saturated rings. The molecule has 144 valence electrons. The van der Waals surface area contributed by atoms with Crippen molar-refractivity contribution in [2.24, 2.45) is 4.99 Å². The second kappa shape index (κ2) is 9.66. The number of amides is 1. The fourth-order valence-electron chi connectivity index (χ4n) is 3.01. The summed E-state index contributed by atoms with van der Waals surface area (Å²) in [6.45, 7) is 7.18. The third-order valence-electron chi connectivity index (χ3n) is 4.43. The SMILES string of the molecule is CCNC(=NCc1ccc(N2CCNC(=O)C2)cc1)NCCn1cccc1. The molecule has 0 atom stereocenters. The summed E-state index contributed by atoms with van der Waals surface area (Å²) in [6, 6.07) is 12.3. The molecule has 3 N–H and O–H groups in total. The predicted molar refractivity (Wildman–Crippen MR) is 109 cm³/mol. The minimum Gasteiger partial charge on any atom is -0.360 e. The van der Waals surface area contributed by atoms with Crippen LogP contribution in [-0.4, -0.2) is 49.2 Å². The first-order valence-electron chi connectivity index (χ1n) is 9.48. The zero-order valence-electron chi connectivity index (χ0n) is 15.8. The van der Waals surface area contributed by atoms with Crippen molar-refractivity contribution in [2.75, 3.05) is 37.6 Å². The van der Waals surface area contributed by atoms with Crippen LogP contribution in [0.4, 0.5) is 5.69 Å². The fraction of sp³-hybridized carbons (Fsp3) is 0.400. The number of rotatable bonds is 7. The van der Waals surface area contributed by atoms with E-state index < -0.39 is 0 Å². The quantitative estimate of drug-likeness (QED) is 0.507. The molecule has 7 nitrogen and oxygen atoms in total. The molecular weight excluding hydrogens is 340 g/mol. The number of piperazine rings is 1. The molecule has 1 aromatic heterocycles. The van der Waals surface area contributed by atoms with Gasteiger partial charge >= 0.3 is 0 Å². The van der Waals surface area contributed by atoms with Gasteiger partial charge in [-0.1, -0.05) is 12.1 Å². The summed E-state index contributed by atoms with van der Waals surface area (Å²) in [4.78, 5) is 18.3. The van der Waals surface area contributed by atoms with Crippen LogP contribution in [0.3, 0.4) is 0 Å². The van der Waals surface area contributed by atoms with Crippen LogP contribution in [0.15, 0.2) is 53.8 Å². The average Bonchev–Trinajstić information content (AvgIpc) is 3.20. The highest BCUT2D eigenvalue weighted by Crippen LogP contribution is 2.16. The first kappa shape index (κ1) is 18.8. The Balaban J connectivity index is 1.52. The molecule has 0 bridgehead atoms. The lowest BCUT2D eigenvalue weighted by Crippen LogP contribution is -2.47. The highest BCUT2D eigenvalue weighted by atomic mass is 16.2. The van der Waals surface area contributed by atoms with Crippen LogP contribution in [0.1, 0.15) is 12.5 Å². The van der Waals surface area contributed by atoms with Crippen molar-refractivity contribution in [1.82, 2.24) is 20.5 Å². The number of carbonyl (C=O) groups is 1. The molecule has 1 saturated heterocycles. The van der Waals surface area contributed by atoms with Gasteiger partial charge in [-0.15, -0.1) is 0 Å². The maximum absolute atomic E-state index is 11.5. The first-order valence-corrected chi connectivity index (χ1v) is 9.48. The van der Waals surface area contributed by atoms with Crippen molar-refractivity contribution in [3.05, 3.63) is 54.4 Å². The second-order valence-corrected chi connectivity index (χ2v) is 6.48. The molecule has 0 spiro atoms. The normalized spacial score (nSPS) is 14.8. The number of benzene rings is 1. The van der Waals surface area contributed by atoms with Crippen LogP contribution in [0.2, 0.25) is 0 Å². The molecule has 1 aliphatic rings. The van der Waals surface area contributed by atoms with Gasteiger partial charge in [0.1, 0.15) is 0 Å². The maximum atomic E-state index is 11.5. The zero-order chi connectivity index (χ0) is 18.9. The molecule has 1 aromatic carbocycles. The number of aromatic nitrogens is 1. The van der Waals surface area contributed by atoms with Gasteiger partial charge in [-0.25, -0.2) is 4.99 Å². The van der Waals surface area contributed by atoms with Gasteiger partial charge < -0.3 is 25.4 Å². The van der Waals surface area contributed by atoms with E-state index in [1.807, 2.05) is 12.1 Å². The van der Waals surface area contributed by atoms with E-state index in [-0.39, 0.29) is 5.91 Å². The van der Waals surface area contributed by atoms with Crippen molar-refractivity contribution in [1.29, 1.82) is 0 Å². The van der Waals surface area contributed by atoms with Crippen LogP contribution in [-0.2, 0) is 17.9 Å². The Kier molecular flexibility index (Phi) is 6.73. The number of aliphatic imine (C=N–C) groups is 1. The van der Waals surface area contributed by atoms with E-state index in [0.29, 0.717) is 19.6 Å². The number of hydrogen-bond donors (Lipinski definition) is 3. The van der Waals surface area contributed by atoms with Crippen molar-refractivity contribution in [2.45, 2.75) is 20.0 Å². The molecular formula is C20H28N6O. The predicted octanol–water partition coefficient (Wildman–Crippen LogP) is 1.18. The Bertz CT molecular complexity index is 738. The Hall–Kier alpha value is -2.96. The first-order chi connectivity index (χ1) is 13.2. The lowest BCUT2D eigenvalue weighted by atomic mass is 10.2. The number of guanidine groups is 1. The lowest BCUT2D eigenvalue weighted by molar-refractivity contribution is -0.120. The van der Waals surface area contributed by atoms with E-state index in [4.69, 9.17) is 0 Å². The van der Waals surface area contributed by atoms with Gasteiger partial charge in [-0.3, -0.25) is 4.79 Å². The molecule has 0 aliphatic carbocycles. The van der Waals surface area contributed by atoms with Crippen molar-refractivity contribution < 1.29 is 4.79 Å². The summed E-state index contributed by atoms with van der Waals surface area (Å²) < 4.78 is 2.14. The van der Waals surface area contributed by atoms with E-state index in [9.17, 15) is 4.79 Å². The van der Waals surface area contributed by atoms with Gasteiger partial charge in [-0.05, 0) is 36.8 Å². The molecule has 3 rings (SSSR count). The Morgan fingerprint density at radius 2 is 1.96 bits per heavy atom. The van der Waals surface area contributed by atoms with Gasteiger partial charge in [0.2, 0.25) is 5.91 Å². The molecule has 27 heavy (non-hydrogen) atoms. The molecule has 0 radical (unpaired) electrons. The highest BCUT2D eigenvalue weighted by Gasteiger charge is 2.16. The third kappa shape index (κ3) is 5.77.